The molecule has 0 unspecified atom stereocenters. The van der Waals surface area contributed by atoms with Crippen molar-refractivity contribution in [2.24, 2.45) is 11.8 Å². The smallest absolute Gasteiger partial charge is 0.0631 e. The van der Waals surface area contributed by atoms with E-state index < -0.39 is 0 Å². The van der Waals surface area contributed by atoms with Gasteiger partial charge < -0.3 is 5.32 Å². The summed E-state index contributed by atoms with van der Waals surface area (Å²) in [6.07, 6.45) is 0. The van der Waals surface area contributed by atoms with Crippen LogP contribution in [0.15, 0.2) is 21.1 Å². The molecule has 17 heavy (non-hydrogen) atoms. The van der Waals surface area contributed by atoms with Crippen LogP contribution >= 0.6 is 31.9 Å². The minimum Gasteiger partial charge on any atom is -0.380 e. The number of nitrogens with one attached hydrogen (secondary N) is 1. The molecule has 1 N–H and O–H groups in total. The third kappa shape index (κ3) is 3.99. The van der Waals surface area contributed by atoms with Crippen LogP contribution in [0.1, 0.15) is 33.3 Å². The van der Waals surface area contributed by atoms with Gasteiger partial charge in [-0.25, -0.2) is 0 Å². The van der Waals surface area contributed by atoms with Gasteiger partial charge in [0.15, 0.2) is 0 Å². The molecular weight excluding hydrogens is 342 g/mol. The Balaban J connectivity index is 3.01. The molecule has 0 bridgehead atoms. The standard InChI is InChI=1S/C14H21Br2N/c1-8(2)13(9(3)4)17-14-11(15)6-10(5)7-12(14)16/h6-9,13,17H,1-5H3. The van der Waals surface area contributed by atoms with E-state index in [1.54, 1.807) is 0 Å². The summed E-state index contributed by atoms with van der Waals surface area (Å²) in [5.41, 5.74) is 2.41. The first-order valence-corrected chi connectivity index (χ1v) is 7.63. The van der Waals surface area contributed by atoms with E-state index in [2.05, 4.69) is 83.9 Å². The lowest BCUT2D eigenvalue weighted by Gasteiger charge is -2.28. The maximum Gasteiger partial charge on any atom is 0.0631 e. The fourth-order valence-corrected chi connectivity index (χ4v) is 3.75. The summed E-state index contributed by atoms with van der Waals surface area (Å²) in [4.78, 5) is 0. The maximum absolute atomic E-state index is 3.65. The number of rotatable bonds is 4. The topological polar surface area (TPSA) is 12.0 Å². The first-order chi connectivity index (χ1) is 7.82. The van der Waals surface area contributed by atoms with E-state index in [4.69, 9.17) is 0 Å². The van der Waals surface area contributed by atoms with Gasteiger partial charge in [-0.2, -0.15) is 0 Å². The lowest BCUT2D eigenvalue weighted by molar-refractivity contribution is 0.413. The summed E-state index contributed by atoms with van der Waals surface area (Å²) in [5.74, 6) is 1.21. The third-order valence-corrected chi connectivity index (χ3v) is 4.18. The Morgan fingerprint density at radius 1 is 0.941 bits per heavy atom. The number of benzene rings is 1. The maximum atomic E-state index is 3.65. The third-order valence-electron chi connectivity index (χ3n) is 2.93. The first kappa shape index (κ1) is 15.0. The van der Waals surface area contributed by atoms with E-state index in [1.165, 1.54) is 5.56 Å². The highest BCUT2D eigenvalue weighted by molar-refractivity contribution is 9.11. The summed E-state index contributed by atoms with van der Waals surface area (Å²) < 4.78 is 2.24. The number of halogens is 2. The van der Waals surface area contributed by atoms with Gasteiger partial charge in [0.2, 0.25) is 0 Å². The van der Waals surface area contributed by atoms with Crippen molar-refractivity contribution in [3.05, 3.63) is 26.6 Å². The molecule has 0 aliphatic carbocycles. The van der Waals surface area contributed by atoms with Crippen molar-refractivity contribution in [2.75, 3.05) is 5.32 Å². The predicted molar refractivity (Wildman–Crippen MR) is 83.7 cm³/mol. The van der Waals surface area contributed by atoms with E-state index in [9.17, 15) is 0 Å². The van der Waals surface area contributed by atoms with Crippen molar-refractivity contribution >= 4 is 37.5 Å². The Hall–Kier alpha value is -0.0200. The van der Waals surface area contributed by atoms with Crippen LogP contribution < -0.4 is 5.32 Å². The van der Waals surface area contributed by atoms with Crippen LogP contribution in [-0.2, 0) is 0 Å². The summed E-state index contributed by atoms with van der Waals surface area (Å²) in [5, 5.41) is 3.65. The average molecular weight is 363 g/mol. The Morgan fingerprint density at radius 3 is 1.71 bits per heavy atom. The minimum atomic E-state index is 0.477. The van der Waals surface area contributed by atoms with E-state index in [-0.39, 0.29) is 0 Å². The molecule has 3 heteroatoms. The molecule has 0 aromatic heterocycles. The Kier molecular flexibility index (Phi) is 5.52. The van der Waals surface area contributed by atoms with Gasteiger partial charge >= 0.3 is 0 Å². The highest BCUT2D eigenvalue weighted by atomic mass is 79.9. The van der Waals surface area contributed by atoms with E-state index in [0.29, 0.717) is 17.9 Å². The first-order valence-electron chi connectivity index (χ1n) is 6.05. The molecule has 1 rings (SSSR count). The SMILES string of the molecule is Cc1cc(Br)c(NC(C(C)C)C(C)C)c(Br)c1. The van der Waals surface area contributed by atoms with Crippen LogP contribution in [0.4, 0.5) is 5.69 Å². The lowest BCUT2D eigenvalue weighted by atomic mass is 9.93. The van der Waals surface area contributed by atoms with Crippen LogP contribution in [0.3, 0.4) is 0 Å². The predicted octanol–water partition coefficient (Wildman–Crippen LogP) is 5.61. The van der Waals surface area contributed by atoms with Crippen molar-refractivity contribution in [1.29, 1.82) is 0 Å². The quantitative estimate of drug-likeness (QED) is 0.733. The zero-order valence-electron chi connectivity index (χ0n) is 11.1. The molecular formula is C14H21Br2N. The molecule has 0 aliphatic heterocycles. The van der Waals surface area contributed by atoms with Crippen LogP contribution in [-0.4, -0.2) is 6.04 Å². The molecule has 0 fully saturated rings. The molecule has 0 saturated carbocycles. The van der Waals surface area contributed by atoms with Crippen molar-refractivity contribution in [3.63, 3.8) is 0 Å². The van der Waals surface area contributed by atoms with Gasteiger partial charge in [-0.15, -0.1) is 0 Å². The monoisotopic (exact) mass is 361 g/mol. The summed E-state index contributed by atoms with van der Waals surface area (Å²) in [6.45, 7) is 11.1. The fraction of sp³-hybridized carbons (Fsp3) is 0.571. The normalized spacial score (nSPS) is 11.6. The van der Waals surface area contributed by atoms with E-state index in [0.717, 1.165) is 14.6 Å². The molecule has 0 aliphatic rings. The summed E-state index contributed by atoms with van der Waals surface area (Å²) in [7, 11) is 0. The second-order valence-electron chi connectivity index (χ2n) is 5.26. The second kappa shape index (κ2) is 6.24. The number of hydrogen-bond acceptors (Lipinski definition) is 1. The van der Waals surface area contributed by atoms with Gasteiger partial charge in [0.1, 0.15) is 0 Å². The number of anilines is 1. The van der Waals surface area contributed by atoms with Crippen LogP contribution in [0.2, 0.25) is 0 Å². The van der Waals surface area contributed by atoms with E-state index >= 15 is 0 Å². The van der Waals surface area contributed by atoms with Gasteiger partial charge in [0.25, 0.3) is 0 Å². The Morgan fingerprint density at radius 2 is 1.35 bits per heavy atom. The van der Waals surface area contributed by atoms with Crippen molar-refractivity contribution in [3.8, 4) is 0 Å². The Bertz CT molecular complexity index is 355. The van der Waals surface area contributed by atoms with Crippen LogP contribution in [0.25, 0.3) is 0 Å². The van der Waals surface area contributed by atoms with Gasteiger partial charge in [-0.1, -0.05) is 27.7 Å². The largest absolute Gasteiger partial charge is 0.380 e. The highest BCUT2D eigenvalue weighted by Crippen LogP contribution is 2.34. The van der Waals surface area contributed by atoms with E-state index in [1.807, 2.05) is 0 Å². The highest BCUT2D eigenvalue weighted by Gasteiger charge is 2.19. The van der Waals surface area contributed by atoms with Gasteiger partial charge in [0.05, 0.1) is 5.69 Å². The molecule has 1 aromatic rings. The summed E-state index contributed by atoms with van der Waals surface area (Å²) >= 11 is 7.26. The Labute approximate surface area is 122 Å². The second-order valence-corrected chi connectivity index (χ2v) is 6.97. The van der Waals surface area contributed by atoms with Crippen molar-refractivity contribution in [2.45, 2.75) is 40.7 Å². The fourth-order valence-electron chi connectivity index (χ4n) is 2.11. The lowest BCUT2D eigenvalue weighted by Crippen LogP contribution is -2.31. The van der Waals surface area contributed by atoms with Crippen LogP contribution in [0.5, 0.6) is 0 Å². The number of hydrogen-bond donors (Lipinski definition) is 1. The van der Waals surface area contributed by atoms with Crippen LogP contribution in [0, 0.1) is 18.8 Å². The number of aryl methyl sites for hydroxylation is 1. The zero-order valence-corrected chi connectivity index (χ0v) is 14.3. The van der Waals surface area contributed by atoms with Crippen molar-refractivity contribution in [1.82, 2.24) is 0 Å². The molecule has 0 amide bonds. The minimum absolute atomic E-state index is 0.477. The molecule has 0 atom stereocenters. The summed E-state index contributed by atoms with van der Waals surface area (Å²) in [6, 6.07) is 4.76. The zero-order chi connectivity index (χ0) is 13.2. The average Bonchev–Trinajstić information content (AvgIpc) is 2.14. The molecule has 1 aromatic carbocycles. The molecule has 0 spiro atoms. The molecule has 96 valence electrons. The van der Waals surface area contributed by atoms with Gasteiger partial charge in [-0.05, 0) is 68.3 Å². The van der Waals surface area contributed by atoms with Crippen molar-refractivity contribution < 1.29 is 0 Å². The van der Waals surface area contributed by atoms with Gasteiger partial charge in [0, 0.05) is 15.0 Å². The molecule has 0 heterocycles. The molecule has 1 nitrogen and oxygen atoms in total. The molecule has 0 saturated heterocycles. The van der Waals surface area contributed by atoms with Gasteiger partial charge in [-0.3, -0.25) is 0 Å². The molecule has 0 radical (unpaired) electrons.